The smallest absolute Gasteiger partial charge is 0.245 e. The van der Waals surface area contributed by atoms with Gasteiger partial charge in [0.05, 0.1) is 11.3 Å². The Morgan fingerprint density at radius 3 is 2.50 bits per heavy atom. The first-order chi connectivity index (χ1) is 15.3. The molecular formula is C24H27N3O3S2. The minimum absolute atomic E-state index is 0.0574. The number of thioether (sulfide) groups is 1. The molecule has 1 aliphatic rings. The number of hydrogen-bond donors (Lipinski definition) is 0. The molecule has 1 fully saturated rings. The Kier molecular flexibility index (Phi) is 6.83. The summed E-state index contributed by atoms with van der Waals surface area (Å²) in [6.07, 6.45) is 1.69. The lowest BCUT2D eigenvalue weighted by atomic mass is 10.2. The third-order valence-corrected chi connectivity index (χ3v) is 8.52. The van der Waals surface area contributed by atoms with Crippen molar-refractivity contribution in [3.63, 3.8) is 0 Å². The van der Waals surface area contributed by atoms with Gasteiger partial charge in [-0.3, -0.25) is 9.78 Å². The SMILES string of the molecule is Cc1cccc(CSCC(=O)N2CCN(S(=O)(=O)c3cccc4cc(C)cnc34)CC2)c1. The Morgan fingerprint density at radius 1 is 1.00 bits per heavy atom. The second-order valence-corrected chi connectivity index (χ2v) is 11.0. The van der Waals surface area contributed by atoms with Crippen LogP contribution in [0.2, 0.25) is 0 Å². The Morgan fingerprint density at radius 2 is 1.75 bits per heavy atom. The van der Waals surface area contributed by atoms with Crippen molar-refractivity contribution in [1.82, 2.24) is 14.2 Å². The summed E-state index contributed by atoms with van der Waals surface area (Å²) in [5, 5.41) is 0.811. The van der Waals surface area contributed by atoms with E-state index in [1.165, 1.54) is 15.4 Å². The highest BCUT2D eigenvalue weighted by Gasteiger charge is 2.31. The molecule has 6 nitrogen and oxygen atoms in total. The van der Waals surface area contributed by atoms with Gasteiger partial charge in [-0.15, -0.1) is 11.8 Å². The third-order valence-electron chi connectivity index (χ3n) is 5.60. The summed E-state index contributed by atoms with van der Waals surface area (Å²) in [4.78, 5) is 19.0. The fourth-order valence-electron chi connectivity index (χ4n) is 3.92. The van der Waals surface area contributed by atoms with Crippen LogP contribution in [0, 0.1) is 13.8 Å². The Hall–Kier alpha value is -2.42. The van der Waals surface area contributed by atoms with Crippen LogP contribution in [0.4, 0.5) is 0 Å². The van der Waals surface area contributed by atoms with Crippen LogP contribution in [0.15, 0.2) is 59.6 Å². The van der Waals surface area contributed by atoms with E-state index >= 15 is 0 Å². The van der Waals surface area contributed by atoms with E-state index in [1.807, 2.05) is 25.1 Å². The van der Waals surface area contributed by atoms with E-state index in [1.54, 1.807) is 35.0 Å². The average molecular weight is 470 g/mol. The van der Waals surface area contributed by atoms with Crippen molar-refractivity contribution in [2.75, 3.05) is 31.9 Å². The molecule has 0 radical (unpaired) electrons. The van der Waals surface area contributed by atoms with Gasteiger partial charge in [-0.25, -0.2) is 8.42 Å². The van der Waals surface area contributed by atoms with Gasteiger partial charge >= 0.3 is 0 Å². The number of carbonyl (C=O) groups excluding carboxylic acids is 1. The number of para-hydroxylation sites is 1. The maximum absolute atomic E-state index is 13.3. The van der Waals surface area contributed by atoms with Gasteiger partial charge in [0.15, 0.2) is 0 Å². The number of fused-ring (bicyclic) bond motifs is 1. The summed E-state index contributed by atoms with van der Waals surface area (Å²) in [5.41, 5.74) is 3.89. The van der Waals surface area contributed by atoms with E-state index in [9.17, 15) is 13.2 Å². The largest absolute Gasteiger partial charge is 0.339 e. The van der Waals surface area contributed by atoms with Crippen LogP contribution in [-0.4, -0.2) is 60.4 Å². The first-order valence-corrected chi connectivity index (χ1v) is 13.2. The van der Waals surface area contributed by atoms with Crippen molar-refractivity contribution >= 4 is 38.6 Å². The van der Waals surface area contributed by atoms with Crippen molar-refractivity contribution in [1.29, 1.82) is 0 Å². The standard InChI is InChI=1S/C24H27N3O3S2/c1-18-5-3-6-20(13-18)16-31-17-23(28)26-9-11-27(12-10-26)32(29,30)22-8-4-7-21-14-19(2)15-25-24(21)22/h3-8,13-15H,9-12,16-17H2,1-2H3. The number of rotatable bonds is 6. The molecule has 1 amide bonds. The number of pyridine rings is 1. The summed E-state index contributed by atoms with van der Waals surface area (Å²) in [6, 6.07) is 15.5. The predicted octanol–water partition coefficient (Wildman–Crippen LogP) is 3.62. The van der Waals surface area contributed by atoms with Crippen LogP contribution < -0.4 is 0 Å². The highest BCUT2D eigenvalue weighted by Crippen LogP contribution is 2.25. The summed E-state index contributed by atoms with van der Waals surface area (Å²) in [6.45, 7) is 5.38. The number of aryl methyl sites for hydroxylation is 2. The Bertz CT molecular complexity index is 1240. The molecule has 1 saturated heterocycles. The van der Waals surface area contributed by atoms with Crippen molar-refractivity contribution in [3.8, 4) is 0 Å². The fraction of sp³-hybridized carbons (Fsp3) is 0.333. The first kappa shape index (κ1) is 22.8. The van der Waals surface area contributed by atoms with Gasteiger partial charge in [0.25, 0.3) is 0 Å². The van der Waals surface area contributed by atoms with Crippen molar-refractivity contribution in [3.05, 3.63) is 71.4 Å². The fourth-order valence-corrected chi connectivity index (χ4v) is 6.38. The number of nitrogens with zero attached hydrogens (tertiary/aromatic N) is 3. The van der Waals surface area contributed by atoms with Gasteiger partial charge in [-0.05, 0) is 37.1 Å². The number of amides is 1. The van der Waals surface area contributed by atoms with Crippen molar-refractivity contribution < 1.29 is 13.2 Å². The summed E-state index contributed by atoms with van der Waals surface area (Å²) < 4.78 is 28.1. The highest BCUT2D eigenvalue weighted by atomic mass is 32.2. The van der Waals surface area contributed by atoms with E-state index in [-0.39, 0.29) is 10.8 Å². The second-order valence-electron chi connectivity index (χ2n) is 8.11. The number of piperazine rings is 1. The van der Waals surface area contributed by atoms with E-state index < -0.39 is 10.0 Å². The zero-order chi connectivity index (χ0) is 22.7. The minimum Gasteiger partial charge on any atom is -0.339 e. The topological polar surface area (TPSA) is 70.6 Å². The van der Waals surface area contributed by atoms with Crippen LogP contribution in [0.3, 0.4) is 0 Å². The van der Waals surface area contributed by atoms with Crippen molar-refractivity contribution in [2.24, 2.45) is 0 Å². The summed E-state index contributed by atoms with van der Waals surface area (Å²) in [5.74, 6) is 1.24. The molecule has 0 atom stereocenters. The maximum Gasteiger partial charge on any atom is 0.245 e. The van der Waals surface area contributed by atoms with Crippen LogP contribution >= 0.6 is 11.8 Å². The van der Waals surface area contributed by atoms with Gasteiger partial charge in [-0.2, -0.15) is 4.31 Å². The molecule has 32 heavy (non-hydrogen) atoms. The molecule has 8 heteroatoms. The van der Waals surface area contributed by atoms with E-state index in [2.05, 4.69) is 30.1 Å². The second kappa shape index (κ2) is 9.60. The molecule has 4 rings (SSSR count). The Balaban J connectivity index is 1.36. The minimum atomic E-state index is -3.68. The predicted molar refractivity (Wildman–Crippen MR) is 129 cm³/mol. The quantitative estimate of drug-likeness (QED) is 0.552. The molecule has 3 aromatic rings. The van der Waals surface area contributed by atoms with E-state index in [4.69, 9.17) is 0 Å². The molecule has 0 spiro atoms. The molecule has 0 unspecified atom stereocenters. The van der Waals surface area contributed by atoms with E-state index in [0.717, 1.165) is 16.7 Å². The van der Waals surface area contributed by atoms with Crippen LogP contribution in [0.5, 0.6) is 0 Å². The van der Waals surface area contributed by atoms with Gasteiger partial charge < -0.3 is 4.90 Å². The average Bonchev–Trinajstić information content (AvgIpc) is 2.78. The number of sulfonamides is 1. The first-order valence-electron chi connectivity index (χ1n) is 10.6. The molecule has 0 N–H and O–H groups in total. The van der Waals surface area contributed by atoms with E-state index in [0.29, 0.717) is 37.4 Å². The van der Waals surface area contributed by atoms with Crippen LogP contribution in [0.1, 0.15) is 16.7 Å². The normalized spacial score (nSPS) is 15.2. The molecule has 2 aromatic carbocycles. The lowest BCUT2D eigenvalue weighted by Crippen LogP contribution is -2.51. The molecule has 168 valence electrons. The Labute approximate surface area is 193 Å². The van der Waals surface area contributed by atoms with Crippen LogP contribution in [0.25, 0.3) is 10.9 Å². The monoisotopic (exact) mass is 469 g/mol. The number of aromatic nitrogens is 1. The molecule has 2 heterocycles. The third kappa shape index (κ3) is 4.98. The molecular weight excluding hydrogens is 442 g/mol. The maximum atomic E-state index is 13.3. The van der Waals surface area contributed by atoms with Gasteiger partial charge in [0.1, 0.15) is 4.90 Å². The zero-order valence-corrected chi connectivity index (χ0v) is 20.0. The summed E-state index contributed by atoms with van der Waals surface area (Å²) in [7, 11) is -3.68. The van der Waals surface area contributed by atoms with Crippen LogP contribution in [-0.2, 0) is 20.6 Å². The number of hydrogen-bond acceptors (Lipinski definition) is 5. The number of benzene rings is 2. The lowest BCUT2D eigenvalue weighted by Gasteiger charge is -2.34. The molecule has 0 saturated carbocycles. The zero-order valence-electron chi connectivity index (χ0n) is 18.3. The van der Waals surface area contributed by atoms with Gasteiger partial charge in [0.2, 0.25) is 15.9 Å². The number of carbonyl (C=O) groups is 1. The molecule has 1 aromatic heterocycles. The molecule has 1 aliphatic heterocycles. The van der Waals surface area contributed by atoms with Gasteiger partial charge in [0, 0.05) is 43.5 Å². The summed E-state index contributed by atoms with van der Waals surface area (Å²) >= 11 is 1.59. The molecule has 0 bridgehead atoms. The van der Waals surface area contributed by atoms with Gasteiger partial charge in [-0.1, -0.05) is 42.0 Å². The highest BCUT2D eigenvalue weighted by molar-refractivity contribution is 7.99. The lowest BCUT2D eigenvalue weighted by molar-refractivity contribution is -0.129. The molecule has 0 aliphatic carbocycles. The van der Waals surface area contributed by atoms with Crippen molar-refractivity contribution in [2.45, 2.75) is 24.5 Å².